The highest BCUT2D eigenvalue weighted by atomic mass is 15.0. The summed E-state index contributed by atoms with van der Waals surface area (Å²) in [6.07, 6.45) is 7.44. The third-order valence-electron chi connectivity index (χ3n) is 4.23. The van der Waals surface area contributed by atoms with Crippen molar-refractivity contribution in [3.8, 4) is 0 Å². The first-order valence-corrected chi connectivity index (χ1v) is 6.57. The van der Waals surface area contributed by atoms with Gasteiger partial charge in [0.25, 0.3) is 0 Å². The molecule has 2 heterocycles. The van der Waals surface area contributed by atoms with E-state index in [1.165, 1.54) is 55.7 Å². The van der Waals surface area contributed by atoms with Crippen molar-refractivity contribution in [3.05, 3.63) is 17.2 Å². The summed E-state index contributed by atoms with van der Waals surface area (Å²) in [6, 6.07) is 0. The number of fused-ring (bicyclic) bond motifs is 1. The molecule has 1 aliphatic carbocycles. The fourth-order valence-electron chi connectivity index (χ4n) is 2.95. The summed E-state index contributed by atoms with van der Waals surface area (Å²) < 4.78 is 0. The van der Waals surface area contributed by atoms with Crippen LogP contribution in [0.3, 0.4) is 0 Å². The molecule has 0 saturated carbocycles. The number of hydrogen-bond acceptors (Lipinski definition) is 2. The lowest BCUT2D eigenvalue weighted by molar-refractivity contribution is 0.320. The zero-order chi connectivity index (χ0) is 11.0. The van der Waals surface area contributed by atoms with Crippen molar-refractivity contribution >= 4 is 0 Å². The van der Waals surface area contributed by atoms with Crippen LogP contribution in [0.1, 0.15) is 49.8 Å². The smallest absolute Gasteiger partial charge is 0.112 e. The number of imidazole rings is 1. The first kappa shape index (κ1) is 10.3. The molecule has 3 rings (SSSR count). The van der Waals surface area contributed by atoms with Gasteiger partial charge in [-0.2, -0.15) is 0 Å². The molecule has 0 aromatic carbocycles. The summed E-state index contributed by atoms with van der Waals surface area (Å²) in [4.78, 5) is 8.47. The molecule has 88 valence electrons. The summed E-state index contributed by atoms with van der Waals surface area (Å²) in [5, 5.41) is 3.43. The largest absolute Gasteiger partial charge is 0.345 e. The van der Waals surface area contributed by atoms with E-state index in [0.29, 0.717) is 0 Å². The van der Waals surface area contributed by atoms with Gasteiger partial charge in [0.05, 0.1) is 5.69 Å². The molecule has 1 saturated heterocycles. The number of nitrogens with one attached hydrogen (secondary N) is 2. The Labute approximate surface area is 97.0 Å². The minimum Gasteiger partial charge on any atom is -0.345 e. The molecule has 2 aliphatic rings. The van der Waals surface area contributed by atoms with E-state index < -0.39 is 0 Å². The molecule has 0 unspecified atom stereocenters. The predicted octanol–water partition coefficient (Wildman–Crippen LogP) is 1.93. The van der Waals surface area contributed by atoms with Crippen LogP contribution in [0, 0.1) is 0 Å². The van der Waals surface area contributed by atoms with Crippen molar-refractivity contribution in [2.75, 3.05) is 13.1 Å². The van der Waals surface area contributed by atoms with Crippen LogP contribution in [0.5, 0.6) is 0 Å². The van der Waals surface area contributed by atoms with Gasteiger partial charge in [-0.3, -0.25) is 0 Å². The molecule has 0 atom stereocenters. The quantitative estimate of drug-likeness (QED) is 0.757. The molecule has 0 spiro atoms. The molecule has 1 aromatic rings. The van der Waals surface area contributed by atoms with E-state index in [-0.39, 0.29) is 5.41 Å². The molecule has 3 heteroatoms. The third kappa shape index (κ3) is 1.67. The Morgan fingerprint density at radius 2 is 1.88 bits per heavy atom. The Morgan fingerprint density at radius 1 is 1.12 bits per heavy atom. The number of H-pyrrole nitrogens is 1. The molecule has 0 amide bonds. The highest BCUT2D eigenvalue weighted by molar-refractivity contribution is 5.22. The van der Waals surface area contributed by atoms with Crippen molar-refractivity contribution in [2.45, 2.75) is 50.9 Å². The van der Waals surface area contributed by atoms with Gasteiger partial charge >= 0.3 is 0 Å². The van der Waals surface area contributed by atoms with Gasteiger partial charge in [-0.1, -0.05) is 6.92 Å². The SMILES string of the molecule is CC1(c2nc3c([nH]2)CCCC3)CCNCC1. The normalized spacial score (nSPS) is 24.1. The first-order chi connectivity index (χ1) is 7.78. The Bertz CT molecular complexity index is 351. The van der Waals surface area contributed by atoms with Gasteiger partial charge in [0.2, 0.25) is 0 Å². The second-order valence-corrected chi connectivity index (χ2v) is 5.53. The molecule has 3 nitrogen and oxygen atoms in total. The van der Waals surface area contributed by atoms with Gasteiger partial charge in [0, 0.05) is 11.1 Å². The van der Waals surface area contributed by atoms with Crippen LogP contribution in [0.15, 0.2) is 0 Å². The lowest BCUT2D eigenvalue weighted by atomic mass is 9.80. The maximum atomic E-state index is 4.86. The number of aryl methyl sites for hydroxylation is 2. The van der Waals surface area contributed by atoms with E-state index in [4.69, 9.17) is 4.98 Å². The molecule has 2 N–H and O–H groups in total. The Kier molecular flexibility index (Phi) is 2.51. The number of rotatable bonds is 1. The molecule has 16 heavy (non-hydrogen) atoms. The molecular formula is C13H21N3. The van der Waals surface area contributed by atoms with Crippen LogP contribution >= 0.6 is 0 Å². The minimum absolute atomic E-state index is 0.280. The van der Waals surface area contributed by atoms with Gasteiger partial charge < -0.3 is 10.3 Å². The Balaban J connectivity index is 1.90. The van der Waals surface area contributed by atoms with Crippen molar-refractivity contribution in [3.63, 3.8) is 0 Å². The summed E-state index contributed by atoms with van der Waals surface area (Å²) in [7, 11) is 0. The van der Waals surface area contributed by atoms with Gasteiger partial charge in [-0.25, -0.2) is 4.98 Å². The third-order valence-corrected chi connectivity index (χ3v) is 4.23. The van der Waals surface area contributed by atoms with Crippen LogP contribution in [0.4, 0.5) is 0 Å². The molecule has 0 bridgehead atoms. The minimum atomic E-state index is 0.280. The Hall–Kier alpha value is -0.830. The topological polar surface area (TPSA) is 40.7 Å². The van der Waals surface area contributed by atoms with Crippen LogP contribution < -0.4 is 5.32 Å². The maximum absolute atomic E-state index is 4.86. The molecular weight excluding hydrogens is 198 g/mol. The predicted molar refractivity (Wildman–Crippen MR) is 64.7 cm³/mol. The standard InChI is InChI=1S/C13H21N3/c1-13(6-8-14-9-7-13)12-15-10-4-2-3-5-11(10)16-12/h14H,2-9H2,1H3,(H,15,16). The van der Waals surface area contributed by atoms with Crippen molar-refractivity contribution < 1.29 is 0 Å². The van der Waals surface area contributed by atoms with E-state index in [2.05, 4.69) is 17.2 Å². The zero-order valence-corrected chi connectivity index (χ0v) is 10.1. The molecule has 1 aromatic heterocycles. The van der Waals surface area contributed by atoms with Gasteiger partial charge in [0.15, 0.2) is 0 Å². The number of aromatic amines is 1. The lowest BCUT2D eigenvalue weighted by Gasteiger charge is -2.32. The summed E-state index contributed by atoms with van der Waals surface area (Å²) in [6.45, 7) is 4.61. The van der Waals surface area contributed by atoms with Crippen LogP contribution in [-0.2, 0) is 18.3 Å². The van der Waals surface area contributed by atoms with Crippen molar-refractivity contribution in [1.82, 2.24) is 15.3 Å². The van der Waals surface area contributed by atoms with E-state index in [1.54, 1.807) is 0 Å². The zero-order valence-electron chi connectivity index (χ0n) is 10.1. The number of hydrogen-bond donors (Lipinski definition) is 2. The van der Waals surface area contributed by atoms with E-state index in [9.17, 15) is 0 Å². The summed E-state index contributed by atoms with van der Waals surface area (Å²) in [5.41, 5.74) is 3.05. The maximum Gasteiger partial charge on any atom is 0.112 e. The van der Waals surface area contributed by atoms with Gasteiger partial charge in [0.1, 0.15) is 5.82 Å². The monoisotopic (exact) mass is 219 g/mol. The highest BCUT2D eigenvalue weighted by Crippen LogP contribution is 2.32. The second-order valence-electron chi connectivity index (χ2n) is 5.53. The first-order valence-electron chi connectivity index (χ1n) is 6.57. The summed E-state index contributed by atoms with van der Waals surface area (Å²) in [5.74, 6) is 1.25. The molecule has 1 aliphatic heterocycles. The van der Waals surface area contributed by atoms with E-state index in [0.717, 1.165) is 13.1 Å². The number of piperidine rings is 1. The lowest BCUT2D eigenvalue weighted by Crippen LogP contribution is -2.38. The van der Waals surface area contributed by atoms with Crippen molar-refractivity contribution in [2.24, 2.45) is 0 Å². The average Bonchev–Trinajstić information content (AvgIpc) is 2.74. The fraction of sp³-hybridized carbons (Fsp3) is 0.769. The van der Waals surface area contributed by atoms with Crippen LogP contribution in [0.2, 0.25) is 0 Å². The number of aromatic nitrogens is 2. The average molecular weight is 219 g/mol. The van der Waals surface area contributed by atoms with Gasteiger partial charge in [-0.15, -0.1) is 0 Å². The van der Waals surface area contributed by atoms with E-state index in [1.807, 2.05) is 0 Å². The molecule has 0 radical (unpaired) electrons. The second kappa shape index (κ2) is 3.88. The van der Waals surface area contributed by atoms with Crippen LogP contribution in [-0.4, -0.2) is 23.1 Å². The summed E-state index contributed by atoms with van der Waals surface area (Å²) >= 11 is 0. The van der Waals surface area contributed by atoms with Gasteiger partial charge in [-0.05, 0) is 51.6 Å². The van der Waals surface area contributed by atoms with Crippen LogP contribution in [0.25, 0.3) is 0 Å². The van der Waals surface area contributed by atoms with E-state index >= 15 is 0 Å². The van der Waals surface area contributed by atoms with Crippen molar-refractivity contribution in [1.29, 1.82) is 0 Å². The molecule has 1 fully saturated rings. The number of nitrogens with zero attached hydrogens (tertiary/aromatic N) is 1. The highest BCUT2D eigenvalue weighted by Gasteiger charge is 2.32. The fourth-order valence-corrected chi connectivity index (χ4v) is 2.95. The Morgan fingerprint density at radius 3 is 2.62 bits per heavy atom.